The number of benzene rings is 1. The maximum atomic E-state index is 13.6. The molecule has 0 bridgehead atoms. The van der Waals surface area contributed by atoms with Crippen LogP contribution in [0.2, 0.25) is 0 Å². The molecule has 1 aliphatic heterocycles. The molecule has 1 aromatic carbocycles. The van der Waals surface area contributed by atoms with Gasteiger partial charge in [0.15, 0.2) is 0 Å². The number of alkyl carbamates (subject to hydrolysis) is 1. The first kappa shape index (κ1) is 37.6. The van der Waals surface area contributed by atoms with E-state index in [2.05, 4.69) is 15.3 Å². The van der Waals surface area contributed by atoms with Gasteiger partial charge in [0.1, 0.15) is 29.9 Å². The van der Waals surface area contributed by atoms with Crippen molar-refractivity contribution in [1.82, 2.24) is 20.2 Å². The summed E-state index contributed by atoms with van der Waals surface area (Å²) >= 11 is 0. The minimum atomic E-state index is -0.780. The van der Waals surface area contributed by atoms with Gasteiger partial charge in [-0.05, 0) is 79.7 Å². The van der Waals surface area contributed by atoms with Crippen LogP contribution in [0.3, 0.4) is 0 Å². The number of fused-ring (bicyclic) bond motifs is 2. The largest absolute Gasteiger partial charge is 0.497 e. The minimum absolute atomic E-state index is 0. The van der Waals surface area contributed by atoms with Crippen LogP contribution in [0, 0.1) is 36.5 Å². The maximum Gasteiger partial charge on any atom is 0.408 e. The van der Waals surface area contributed by atoms with E-state index in [9.17, 15) is 19.2 Å². The van der Waals surface area contributed by atoms with Crippen molar-refractivity contribution in [2.45, 2.75) is 104 Å². The van der Waals surface area contributed by atoms with Crippen LogP contribution < -0.4 is 15.6 Å². The van der Waals surface area contributed by atoms with Crippen LogP contribution in [0.4, 0.5) is 4.79 Å². The van der Waals surface area contributed by atoms with Gasteiger partial charge in [-0.1, -0.05) is 47.0 Å². The molecule has 46 heavy (non-hydrogen) atoms. The Bertz CT molecular complexity index is 1420. The van der Waals surface area contributed by atoms with E-state index in [1.807, 2.05) is 39.8 Å². The van der Waals surface area contributed by atoms with Gasteiger partial charge in [0.05, 0.1) is 24.2 Å². The second kappa shape index (κ2) is 15.8. The molecule has 1 saturated heterocycles. The molecule has 7 atom stereocenters. The number of aldehydes is 1. The molecule has 2 saturated carbocycles. The summed E-state index contributed by atoms with van der Waals surface area (Å²) in [5.74, 6) is 1.94. The molecular formula is C35H51N4O6V-. The van der Waals surface area contributed by atoms with Crippen molar-refractivity contribution in [1.29, 1.82) is 0 Å². The Labute approximate surface area is 285 Å². The average molecular weight is 675 g/mol. The monoisotopic (exact) mass is 674 g/mol. The van der Waals surface area contributed by atoms with Crippen molar-refractivity contribution in [2.24, 2.45) is 29.1 Å². The number of aromatic nitrogens is 2. The SMILES string of the molecule is CCC1CCN(C(=O)[C@@H](NC(=O)O[C@H]2C(CCCCCc3nc4ccc(OC)cc4[nH]c3=O)[C@@H]3CCC32)C(C)(C)C)C1C=O.[CH3-].[V]. The van der Waals surface area contributed by atoms with Crippen LogP contribution in [0.1, 0.15) is 84.8 Å². The number of aromatic amines is 1. The molecule has 2 amide bonds. The Kier molecular flexibility index (Phi) is 12.9. The summed E-state index contributed by atoms with van der Waals surface area (Å²) in [6.45, 7) is 8.33. The molecule has 2 aliphatic carbocycles. The van der Waals surface area contributed by atoms with Crippen molar-refractivity contribution in [3.05, 3.63) is 41.7 Å². The van der Waals surface area contributed by atoms with E-state index in [4.69, 9.17) is 9.47 Å². The summed E-state index contributed by atoms with van der Waals surface area (Å²) in [7, 11) is 1.59. The summed E-state index contributed by atoms with van der Waals surface area (Å²) in [5, 5.41) is 2.89. The Morgan fingerprint density at radius 2 is 1.89 bits per heavy atom. The van der Waals surface area contributed by atoms with Crippen LogP contribution in [-0.2, 0) is 39.3 Å². The molecule has 1 aromatic heterocycles. The molecule has 2 aromatic rings. The zero-order valence-corrected chi connectivity index (χ0v) is 29.6. The van der Waals surface area contributed by atoms with Gasteiger partial charge < -0.3 is 36.9 Å². The van der Waals surface area contributed by atoms with Crippen molar-refractivity contribution >= 4 is 29.3 Å². The van der Waals surface area contributed by atoms with Crippen LogP contribution in [-0.4, -0.2) is 65.0 Å². The number of ether oxygens (including phenoxy) is 2. The molecule has 4 unspecified atom stereocenters. The number of H-pyrrole nitrogens is 1. The molecule has 10 nitrogen and oxygen atoms in total. The number of methoxy groups -OCH3 is 1. The third kappa shape index (κ3) is 7.81. The van der Waals surface area contributed by atoms with E-state index in [0.29, 0.717) is 47.7 Å². The van der Waals surface area contributed by atoms with E-state index >= 15 is 0 Å². The van der Waals surface area contributed by atoms with Gasteiger partial charge in [0.2, 0.25) is 5.91 Å². The molecular weight excluding hydrogens is 623 g/mol. The third-order valence-electron chi connectivity index (χ3n) is 10.3. The van der Waals surface area contributed by atoms with Crippen LogP contribution in [0.5, 0.6) is 5.75 Å². The zero-order valence-electron chi connectivity index (χ0n) is 28.2. The number of amides is 2. The molecule has 253 valence electrons. The molecule has 11 heteroatoms. The predicted molar refractivity (Wildman–Crippen MR) is 174 cm³/mol. The Morgan fingerprint density at radius 1 is 1.15 bits per heavy atom. The fraction of sp³-hybridized carbons (Fsp3) is 0.657. The van der Waals surface area contributed by atoms with Crippen molar-refractivity contribution in [3.8, 4) is 5.75 Å². The number of rotatable bonds is 12. The standard InChI is InChI=1S/C34H48N4O6.CH3.V/c1-6-20-16-17-38(28(20)19-39)32(41)30(34(2,3)4)37-33(42)44-29-23(22-13-14-24(22)29)10-8-7-9-11-26-31(40)36-27-18-21(43-5)12-15-25(27)35-26;;/h12,15,18-20,22-24,28-30H,6-11,13-14,16-17H2,1-5H3,(H,36,40)(H,37,42);1H3;/q;-1;/t20?,22-,23?,24?,28?,29-,30+;;/m0../s1. The molecule has 3 aliphatic rings. The molecule has 2 N–H and O–H groups in total. The molecule has 0 spiro atoms. The first-order chi connectivity index (χ1) is 21.0. The fourth-order valence-corrected chi connectivity index (χ4v) is 7.57. The average Bonchev–Trinajstić information content (AvgIpc) is 3.40. The summed E-state index contributed by atoms with van der Waals surface area (Å²) in [6, 6.07) is 4.24. The Balaban J connectivity index is 0.00000288. The third-order valence-corrected chi connectivity index (χ3v) is 10.3. The summed E-state index contributed by atoms with van der Waals surface area (Å²) in [4.78, 5) is 60.3. The molecule has 2 heterocycles. The molecule has 1 radical (unpaired) electrons. The van der Waals surface area contributed by atoms with Gasteiger partial charge in [-0.25, -0.2) is 9.78 Å². The van der Waals surface area contributed by atoms with Crippen molar-refractivity contribution in [2.75, 3.05) is 13.7 Å². The van der Waals surface area contributed by atoms with E-state index in [1.165, 1.54) is 6.42 Å². The number of hydrogen-bond acceptors (Lipinski definition) is 7. The smallest absolute Gasteiger partial charge is 0.408 e. The zero-order chi connectivity index (χ0) is 31.6. The first-order valence-corrected chi connectivity index (χ1v) is 16.4. The van der Waals surface area contributed by atoms with E-state index in [0.717, 1.165) is 56.7 Å². The van der Waals surface area contributed by atoms with Gasteiger partial charge in [0.25, 0.3) is 5.56 Å². The number of carbonyl (C=O) groups is 3. The number of unbranched alkanes of at least 4 members (excludes halogenated alkanes) is 2. The van der Waals surface area contributed by atoms with Gasteiger partial charge >= 0.3 is 6.09 Å². The van der Waals surface area contributed by atoms with Crippen LogP contribution in [0.15, 0.2) is 23.0 Å². The Hall–Kier alpha value is -2.85. The van der Waals surface area contributed by atoms with Crippen LogP contribution >= 0.6 is 0 Å². The Morgan fingerprint density at radius 3 is 2.52 bits per heavy atom. The van der Waals surface area contributed by atoms with E-state index in [-0.39, 0.29) is 49.5 Å². The number of nitrogens with zero attached hydrogens (tertiary/aromatic N) is 2. The van der Waals surface area contributed by atoms with Gasteiger partial charge in [-0.2, -0.15) is 0 Å². The molecule has 5 rings (SSSR count). The molecule has 3 fully saturated rings. The number of aryl methyl sites for hydroxylation is 1. The number of nitrogens with one attached hydrogen (secondary N) is 2. The van der Waals surface area contributed by atoms with Gasteiger partial charge in [0, 0.05) is 31.2 Å². The minimum Gasteiger partial charge on any atom is -0.497 e. The fourth-order valence-electron chi connectivity index (χ4n) is 7.57. The normalized spacial score (nSPS) is 25.5. The van der Waals surface area contributed by atoms with Crippen LogP contribution in [0.25, 0.3) is 11.0 Å². The summed E-state index contributed by atoms with van der Waals surface area (Å²) in [6.07, 6.45) is 8.44. The predicted octanol–water partition coefficient (Wildman–Crippen LogP) is 5.47. The van der Waals surface area contributed by atoms with E-state index in [1.54, 1.807) is 18.1 Å². The van der Waals surface area contributed by atoms with Crippen molar-refractivity contribution < 1.29 is 42.4 Å². The van der Waals surface area contributed by atoms with Gasteiger partial charge in [-0.3, -0.25) is 9.59 Å². The second-order valence-corrected chi connectivity index (χ2v) is 14.0. The van der Waals surface area contributed by atoms with E-state index < -0.39 is 23.6 Å². The second-order valence-electron chi connectivity index (χ2n) is 14.0. The topological polar surface area (TPSA) is 131 Å². The quantitative estimate of drug-likeness (QED) is 0.173. The number of likely N-dealkylation sites (tertiary alicyclic amines) is 1. The number of carbonyl (C=O) groups excluding carboxylic acids is 3. The maximum absolute atomic E-state index is 13.6. The number of hydrogen-bond donors (Lipinski definition) is 2. The van der Waals surface area contributed by atoms with Crippen molar-refractivity contribution in [3.63, 3.8) is 0 Å². The summed E-state index contributed by atoms with van der Waals surface area (Å²) in [5.41, 5.74) is 1.25. The summed E-state index contributed by atoms with van der Waals surface area (Å²) < 4.78 is 11.2. The first-order valence-electron chi connectivity index (χ1n) is 16.4. The van der Waals surface area contributed by atoms with Gasteiger partial charge in [-0.15, -0.1) is 0 Å².